The third kappa shape index (κ3) is 5.92. The number of hydrogen-bond acceptors (Lipinski definition) is 5. The van der Waals surface area contributed by atoms with Crippen molar-refractivity contribution < 1.29 is 24.2 Å². The molecule has 4 rings (SSSR count). The van der Waals surface area contributed by atoms with E-state index in [4.69, 9.17) is 9.47 Å². The summed E-state index contributed by atoms with van der Waals surface area (Å²) in [7, 11) is 1.60. The largest absolute Gasteiger partial charge is 0.507 e. The normalized spacial score (nSPS) is 16.8. The maximum Gasteiger partial charge on any atom is 0.295 e. The number of likely N-dealkylation sites (tertiary alicyclic amines) is 1. The lowest BCUT2D eigenvalue weighted by Crippen LogP contribution is -2.31. The Balaban J connectivity index is 1.63. The van der Waals surface area contributed by atoms with Gasteiger partial charge in [0.2, 0.25) is 0 Å². The number of amides is 1. The highest BCUT2D eigenvalue weighted by Gasteiger charge is 2.45. The fourth-order valence-electron chi connectivity index (χ4n) is 4.61. The monoisotopic (exact) mass is 499 g/mol. The van der Waals surface area contributed by atoms with Gasteiger partial charge in [-0.15, -0.1) is 0 Å². The van der Waals surface area contributed by atoms with Gasteiger partial charge in [0.25, 0.3) is 11.7 Å². The first-order valence-corrected chi connectivity index (χ1v) is 12.6. The molecule has 0 bridgehead atoms. The van der Waals surface area contributed by atoms with Gasteiger partial charge in [-0.1, -0.05) is 61.0 Å². The van der Waals surface area contributed by atoms with Crippen LogP contribution in [-0.4, -0.2) is 42.0 Å². The van der Waals surface area contributed by atoms with E-state index >= 15 is 0 Å². The fourth-order valence-corrected chi connectivity index (χ4v) is 4.61. The average Bonchev–Trinajstić information content (AvgIpc) is 3.17. The highest BCUT2D eigenvalue weighted by Crippen LogP contribution is 2.39. The molecule has 3 aromatic rings. The van der Waals surface area contributed by atoms with E-state index in [0.29, 0.717) is 37.5 Å². The second-order valence-corrected chi connectivity index (χ2v) is 9.24. The van der Waals surface area contributed by atoms with Gasteiger partial charge in [0.15, 0.2) is 0 Å². The first-order valence-electron chi connectivity index (χ1n) is 12.6. The first kappa shape index (κ1) is 26.2. The molecular weight excluding hydrogens is 466 g/mol. The number of hydrogen-bond donors (Lipinski definition) is 1. The maximum absolute atomic E-state index is 13.2. The number of ketones is 1. The smallest absolute Gasteiger partial charge is 0.295 e. The average molecular weight is 500 g/mol. The Kier molecular flexibility index (Phi) is 8.41. The van der Waals surface area contributed by atoms with Gasteiger partial charge in [0.05, 0.1) is 11.6 Å². The minimum Gasteiger partial charge on any atom is -0.507 e. The number of methoxy groups -OCH3 is 1. The molecule has 1 aliphatic heterocycles. The van der Waals surface area contributed by atoms with E-state index in [9.17, 15) is 14.7 Å². The lowest BCUT2D eigenvalue weighted by atomic mass is 9.94. The summed E-state index contributed by atoms with van der Waals surface area (Å²) in [6.07, 6.45) is 1.46. The Morgan fingerprint density at radius 3 is 2.35 bits per heavy atom. The minimum atomic E-state index is -0.681. The molecule has 0 radical (unpaired) electrons. The van der Waals surface area contributed by atoms with Crippen LogP contribution in [0.1, 0.15) is 47.2 Å². The molecule has 0 saturated carbocycles. The Labute approximate surface area is 218 Å². The van der Waals surface area contributed by atoms with Crippen LogP contribution in [0.5, 0.6) is 5.75 Å². The molecule has 192 valence electrons. The molecule has 1 saturated heterocycles. The summed E-state index contributed by atoms with van der Waals surface area (Å²) in [6.45, 7) is 5.34. The second kappa shape index (κ2) is 11.9. The lowest BCUT2D eigenvalue weighted by Gasteiger charge is -2.25. The molecule has 1 amide bonds. The van der Waals surface area contributed by atoms with Gasteiger partial charge in [0.1, 0.15) is 18.1 Å². The molecule has 0 aliphatic carbocycles. The van der Waals surface area contributed by atoms with Gasteiger partial charge < -0.3 is 19.5 Å². The number of carbonyl (C=O) groups excluding carboxylic acids is 2. The summed E-state index contributed by atoms with van der Waals surface area (Å²) in [6, 6.07) is 22.2. The van der Waals surface area contributed by atoms with E-state index in [0.717, 1.165) is 23.1 Å². The highest BCUT2D eigenvalue weighted by molar-refractivity contribution is 6.46. The van der Waals surface area contributed by atoms with Gasteiger partial charge >= 0.3 is 0 Å². The molecule has 1 unspecified atom stereocenters. The van der Waals surface area contributed by atoms with Gasteiger partial charge in [-0.3, -0.25) is 9.59 Å². The third-order valence-electron chi connectivity index (χ3n) is 6.61. The molecule has 6 heteroatoms. The van der Waals surface area contributed by atoms with Crippen molar-refractivity contribution in [3.05, 3.63) is 106 Å². The van der Waals surface area contributed by atoms with E-state index < -0.39 is 17.7 Å². The Hall–Kier alpha value is -3.90. The lowest BCUT2D eigenvalue weighted by molar-refractivity contribution is -0.140. The van der Waals surface area contributed by atoms with E-state index in [1.807, 2.05) is 49.4 Å². The number of nitrogens with zero attached hydrogens (tertiary/aromatic N) is 1. The summed E-state index contributed by atoms with van der Waals surface area (Å²) in [5.41, 5.74) is 4.72. The number of ether oxygens (including phenoxy) is 2. The van der Waals surface area contributed by atoms with Crippen molar-refractivity contribution in [3.63, 3.8) is 0 Å². The number of aliphatic hydroxyl groups excluding tert-OH is 1. The zero-order valence-electron chi connectivity index (χ0n) is 21.6. The maximum atomic E-state index is 13.2. The van der Waals surface area contributed by atoms with Gasteiger partial charge in [0, 0.05) is 25.8 Å². The molecule has 0 aromatic heterocycles. The summed E-state index contributed by atoms with van der Waals surface area (Å²) >= 11 is 0. The Morgan fingerprint density at radius 1 is 0.973 bits per heavy atom. The zero-order valence-corrected chi connectivity index (χ0v) is 21.6. The van der Waals surface area contributed by atoms with Crippen LogP contribution in [-0.2, 0) is 27.4 Å². The van der Waals surface area contributed by atoms with Crippen molar-refractivity contribution >= 4 is 17.4 Å². The van der Waals surface area contributed by atoms with E-state index in [1.165, 1.54) is 10.5 Å². The number of aliphatic hydroxyl groups is 1. The summed E-state index contributed by atoms with van der Waals surface area (Å²) in [4.78, 5) is 27.7. The highest BCUT2D eigenvalue weighted by atomic mass is 16.5. The van der Waals surface area contributed by atoms with Crippen molar-refractivity contribution in [3.8, 4) is 5.75 Å². The molecule has 37 heavy (non-hydrogen) atoms. The summed E-state index contributed by atoms with van der Waals surface area (Å²) in [5, 5.41) is 11.3. The van der Waals surface area contributed by atoms with Crippen molar-refractivity contribution in [1.29, 1.82) is 0 Å². The third-order valence-corrected chi connectivity index (χ3v) is 6.61. The van der Waals surface area contributed by atoms with E-state index in [1.54, 1.807) is 31.4 Å². The number of rotatable bonds is 10. The van der Waals surface area contributed by atoms with Crippen LogP contribution in [0.2, 0.25) is 0 Å². The van der Waals surface area contributed by atoms with Crippen molar-refractivity contribution in [1.82, 2.24) is 4.90 Å². The van der Waals surface area contributed by atoms with Crippen LogP contribution in [0.15, 0.2) is 78.4 Å². The number of Topliss-reactive ketones (excluding diaryl/α,β-unsaturated/α-hetero) is 1. The van der Waals surface area contributed by atoms with Gasteiger partial charge in [-0.25, -0.2) is 0 Å². The number of carbonyl (C=O) groups is 2. The quantitative estimate of drug-likeness (QED) is 0.170. The van der Waals surface area contributed by atoms with Crippen LogP contribution < -0.4 is 4.74 Å². The molecular formula is C31H33NO5. The topological polar surface area (TPSA) is 76.1 Å². The van der Waals surface area contributed by atoms with Crippen molar-refractivity contribution in [2.24, 2.45) is 0 Å². The minimum absolute atomic E-state index is 0.0973. The van der Waals surface area contributed by atoms with Crippen LogP contribution in [0.3, 0.4) is 0 Å². The van der Waals surface area contributed by atoms with Gasteiger partial charge in [-0.2, -0.15) is 0 Å². The molecule has 1 atom stereocenters. The SMILES string of the molecule is CCc1ccc(C2/C(=C(\O)c3ccc(OCc4cccc(C)c4)cc3)C(=O)C(=O)N2CCCOC)cc1. The first-order chi connectivity index (χ1) is 17.9. The van der Waals surface area contributed by atoms with Crippen LogP contribution in [0.4, 0.5) is 0 Å². The zero-order chi connectivity index (χ0) is 26.4. The Morgan fingerprint density at radius 2 is 1.70 bits per heavy atom. The molecule has 6 nitrogen and oxygen atoms in total. The van der Waals surface area contributed by atoms with Crippen molar-refractivity contribution in [2.75, 3.05) is 20.3 Å². The molecule has 1 N–H and O–H groups in total. The van der Waals surface area contributed by atoms with Crippen LogP contribution in [0, 0.1) is 6.92 Å². The Bertz CT molecular complexity index is 1280. The molecule has 3 aromatic carbocycles. The number of aryl methyl sites for hydroxylation is 2. The molecule has 1 fully saturated rings. The summed E-state index contributed by atoms with van der Waals surface area (Å²) < 4.78 is 11.0. The predicted molar refractivity (Wildman–Crippen MR) is 143 cm³/mol. The van der Waals surface area contributed by atoms with Crippen LogP contribution >= 0.6 is 0 Å². The van der Waals surface area contributed by atoms with Crippen LogP contribution in [0.25, 0.3) is 5.76 Å². The van der Waals surface area contributed by atoms with Gasteiger partial charge in [-0.05, 0) is 60.7 Å². The standard InChI is InChI=1S/C31H33NO5/c1-4-22-9-11-24(12-10-22)28-27(30(34)31(35)32(28)17-6-18-36-3)29(33)25-13-15-26(16-14-25)37-20-23-8-5-7-21(2)19-23/h5,7-16,19,28,33H,4,6,17-18,20H2,1-3H3/b29-27+. The molecule has 1 aliphatic rings. The molecule has 0 spiro atoms. The molecule has 1 heterocycles. The predicted octanol–water partition coefficient (Wildman–Crippen LogP) is 5.59. The number of benzene rings is 3. The van der Waals surface area contributed by atoms with E-state index in [-0.39, 0.29) is 11.3 Å². The van der Waals surface area contributed by atoms with Crippen molar-refractivity contribution in [2.45, 2.75) is 39.3 Å². The summed E-state index contributed by atoms with van der Waals surface area (Å²) in [5.74, 6) is -0.841. The van der Waals surface area contributed by atoms with E-state index in [2.05, 4.69) is 13.0 Å². The fraction of sp³-hybridized carbons (Fsp3) is 0.290. The second-order valence-electron chi connectivity index (χ2n) is 9.24.